The Morgan fingerprint density at radius 1 is 1.47 bits per heavy atom. The molecule has 0 atom stereocenters. The molecule has 0 radical (unpaired) electrons. The predicted octanol–water partition coefficient (Wildman–Crippen LogP) is 1.78. The molecular formula is C13H17N3O. The molecule has 17 heavy (non-hydrogen) atoms. The summed E-state index contributed by atoms with van der Waals surface area (Å²) in [6.07, 6.45) is 0.520. The first-order chi connectivity index (χ1) is 8.11. The SMILES string of the molecule is CC(=O)CCn1c(CN)nc2cc(C)ccc21. The number of rotatable bonds is 4. The van der Waals surface area contributed by atoms with E-state index in [2.05, 4.69) is 11.1 Å². The summed E-state index contributed by atoms with van der Waals surface area (Å²) >= 11 is 0. The molecule has 0 amide bonds. The van der Waals surface area contributed by atoms with E-state index in [4.69, 9.17) is 5.73 Å². The zero-order chi connectivity index (χ0) is 12.4. The molecule has 4 nitrogen and oxygen atoms in total. The van der Waals surface area contributed by atoms with Gasteiger partial charge in [-0.1, -0.05) is 6.07 Å². The normalized spacial score (nSPS) is 11.0. The van der Waals surface area contributed by atoms with Crippen LogP contribution in [0, 0.1) is 6.92 Å². The van der Waals surface area contributed by atoms with Gasteiger partial charge in [-0.2, -0.15) is 0 Å². The maximum absolute atomic E-state index is 11.1. The summed E-state index contributed by atoms with van der Waals surface area (Å²) < 4.78 is 2.04. The van der Waals surface area contributed by atoms with Gasteiger partial charge in [-0.3, -0.25) is 4.79 Å². The second-order valence-electron chi connectivity index (χ2n) is 4.33. The summed E-state index contributed by atoms with van der Waals surface area (Å²) in [7, 11) is 0. The van der Waals surface area contributed by atoms with Crippen molar-refractivity contribution < 1.29 is 4.79 Å². The lowest BCUT2D eigenvalue weighted by molar-refractivity contribution is -0.117. The second kappa shape index (κ2) is 4.67. The molecule has 4 heteroatoms. The van der Waals surface area contributed by atoms with Crippen LogP contribution in [0.25, 0.3) is 11.0 Å². The molecule has 0 saturated heterocycles. The number of nitrogens with two attached hydrogens (primary N) is 1. The maximum Gasteiger partial charge on any atom is 0.131 e. The van der Waals surface area contributed by atoms with Gasteiger partial charge in [0.25, 0.3) is 0 Å². The molecule has 0 fully saturated rings. The first-order valence-electron chi connectivity index (χ1n) is 5.77. The van der Waals surface area contributed by atoms with Gasteiger partial charge in [-0.05, 0) is 31.5 Å². The topological polar surface area (TPSA) is 60.9 Å². The number of benzene rings is 1. The van der Waals surface area contributed by atoms with E-state index >= 15 is 0 Å². The molecule has 0 aliphatic carbocycles. The summed E-state index contributed by atoms with van der Waals surface area (Å²) in [6.45, 7) is 4.69. The molecule has 90 valence electrons. The van der Waals surface area contributed by atoms with Gasteiger partial charge in [0.05, 0.1) is 17.6 Å². The van der Waals surface area contributed by atoms with E-state index in [1.54, 1.807) is 6.92 Å². The molecule has 0 saturated carbocycles. The molecule has 1 aromatic heterocycles. The smallest absolute Gasteiger partial charge is 0.131 e. The minimum atomic E-state index is 0.182. The molecule has 0 spiro atoms. The number of nitrogens with zero attached hydrogens (tertiary/aromatic N) is 2. The average molecular weight is 231 g/mol. The van der Waals surface area contributed by atoms with E-state index in [-0.39, 0.29) is 5.78 Å². The molecule has 0 unspecified atom stereocenters. The van der Waals surface area contributed by atoms with Gasteiger partial charge in [0.2, 0.25) is 0 Å². The van der Waals surface area contributed by atoms with Crippen molar-refractivity contribution in [3.8, 4) is 0 Å². The third-order valence-electron chi connectivity index (χ3n) is 2.85. The van der Waals surface area contributed by atoms with Crippen molar-refractivity contribution in [3.05, 3.63) is 29.6 Å². The average Bonchev–Trinajstić information content (AvgIpc) is 2.63. The quantitative estimate of drug-likeness (QED) is 0.872. The third-order valence-corrected chi connectivity index (χ3v) is 2.85. The number of Topliss-reactive ketones (excluding diaryl/α,β-unsaturated/α-hetero) is 1. The van der Waals surface area contributed by atoms with Crippen LogP contribution in [0.4, 0.5) is 0 Å². The number of aryl methyl sites for hydroxylation is 2. The summed E-state index contributed by atoms with van der Waals surface area (Å²) in [5, 5.41) is 0. The molecule has 2 N–H and O–H groups in total. The monoisotopic (exact) mass is 231 g/mol. The van der Waals surface area contributed by atoms with E-state index in [1.807, 2.05) is 23.6 Å². The zero-order valence-corrected chi connectivity index (χ0v) is 10.2. The first-order valence-corrected chi connectivity index (χ1v) is 5.77. The van der Waals surface area contributed by atoms with E-state index in [0.29, 0.717) is 19.5 Å². The van der Waals surface area contributed by atoms with Gasteiger partial charge in [0.15, 0.2) is 0 Å². The Hall–Kier alpha value is -1.68. The third kappa shape index (κ3) is 2.36. The van der Waals surface area contributed by atoms with Gasteiger partial charge in [0, 0.05) is 13.0 Å². The van der Waals surface area contributed by atoms with Crippen molar-refractivity contribution in [1.82, 2.24) is 9.55 Å². The number of hydrogen-bond donors (Lipinski definition) is 1. The van der Waals surface area contributed by atoms with Crippen LogP contribution in [0.2, 0.25) is 0 Å². The highest BCUT2D eigenvalue weighted by Crippen LogP contribution is 2.18. The van der Waals surface area contributed by atoms with E-state index in [0.717, 1.165) is 16.9 Å². The summed E-state index contributed by atoms with van der Waals surface area (Å²) in [6, 6.07) is 6.13. The highest BCUT2D eigenvalue weighted by Gasteiger charge is 2.09. The fourth-order valence-corrected chi connectivity index (χ4v) is 1.96. The largest absolute Gasteiger partial charge is 0.326 e. The van der Waals surface area contributed by atoms with Gasteiger partial charge < -0.3 is 10.3 Å². The molecule has 0 bridgehead atoms. The Bertz CT molecular complexity index is 557. The van der Waals surface area contributed by atoms with Crippen LogP contribution in [0.5, 0.6) is 0 Å². The zero-order valence-electron chi connectivity index (χ0n) is 10.2. The van der Waals surface area contributed by atoms with Crippen LogP contribution < -0.4 is 5.73 Å². The van der Waals surface area contributed by atoms with Crippen molar-refractivity contribution >= 4 is 16.8 Å². The van der Waals surface area contributed by atoms with Crippen LogP contribution in [0.1, 0.15) is 24.7 Å². The molecule has 2 rings (SSSR count). The number of ketones is 1. The highest BCUT2D eigenvalue weighted by atomic mass is 16.1. The minimum absolute atomic E-state index is 0.182. The van der Waals surface area contributed by atoms with Gasteiger partial charge >= 0.3 is 0 Å². The van der Waals surface area contributed by atoms with Gasteiger partial charge in [-0.25, -0.2) is 4.98 Å². The lowest BCUT2D eigenvalue weighted by Crippen LogP contribution is -2.10. The summed E-state index contributed by atoms with van der Waals surface area (Å²) in [4.78, 5) is 15.6. The lowest BCUT2D eigenvalue weighted by atomic mass is 10.2. The van der Waals surface area contributed by atoms with Crippen LogP contribution in [-0.2, 0) is 17.9 Å². The Kier molecular flexibility index (Phi) is 3.24. The molecule has 0 aliphatic rings. The number of imidazole rings is 1. The summed E-state index contributed by atoms with van der Waals surface area (Å²) in [5.41, 5.74) is 8.87. The lowest BCUT2D eigenvalue weighted by Gasteiger charge is -2.06. The number of aromatic nitrogens is 2. The van der Waals surface area contributed by atoms with Gasteiger partial charge in [-0.15, -0.1) is 0 Å². The van der Waals surface area contributed by atoms with Gasteiger partial charge in [0.1, 0.15) is 11.6 Å². The van der Waals surface area contributed by atoms with Crippen LogP contribution in [0.15, 0.2) is 18.2 Å². The molecule has 1 heterocycles. The van der Waals surface area contributed by atoms with Crippen molar-refractivity contribution in [3.63, 3.8) is 0 Å². The Morgan fingerprint density at radius 2 is 2.24 bits per heavy atom. The number of hydrogen-bond acceptors (Lipinski definition) is 3. The van der Waals surface area contributed by atoms with Crippen molar-refractivity contribution in [2.24, 2.45) is 5.73 Å². The molecule has 0 aliphatic heterocycles. The van der Waals surface area contributed by atoms with Crippen LogP contribution in [0.3, 0.4) is 0 Å². The Morgan fingerprint density at radius 3 is 2.88 bits per heavy atom. The van der Waals surface area contributed by atoms with Crippen LogP contribution >= 0.6 is 0 Å². The Labute approximate surface area is 100 Å². The molecular weight excluding hydrogens is 214 g/mol. The number of carbonyl (C=O) groups is 1. The van der Waals surface area contributed by atoms with E-state index in [1.165, 1.54) is 5.56 Å². The second-order valence-corrected chi connectivity index (χ2v) is 4.33. The Balaban J connectivity index is 2.47. The molecule has 1 aromatic carbocycles. The van der Waals surface area contributed by atoms with Crippen molar-refractivity contribution in [2.75, 3.05) is 0 Å². The standard InChI is InChI=1S/C13H17N3O/c1-9-3-4-12-11(7-9)15-13(8-14)16(12)6-5-10(2)17/h3-4,7H,5-6,8,14H2,1-2H3. The number of carbonyl (C=O) groups excluding carboxylic acids is 1. The fourth-order valence-electron chi connectivity index (χ4n) is 1.96. The van der Waals surface area contributed by atoms with E-state index < -0.39 is 0 Å². The first kappa shape index (κ1) is 11.8. The van der Waals surface area contributed by atoms with E-state index in [9.17, 15) is 4.79 Å². The highest BCUT2D eigenvalue weighted by molar-refractivity contribution is 5.78. The number of fused-ring (bicyclic) bond motifs is 1. The van der Waals surface area contributed by atoms with Crippen LogP contribution in [-0.4, -0.2) is 15.3 Å². The summed E-state index contributed by atoms with van der Waals surface area (Å²) in [5.74, 6) is 1.02. The minimum Gasteiger partial charge on any atom is -0.326 e. The predicted molar refractivity (Wildman–Crippen MR) is 67.7 cm³/mol. The van der Waals surface area contributed by atoms with Crippen molar-refractivity contribution in [2.45, 2.75) is 33.4 Å². The maximum atomic E-state index is 11.1. The van der Waals surface area contributed by atoms with Crippen molar-refractivity contribution in [1.29, 1.82) is 0 Å². The molecule has 2 aromatic rings. The fraction of sp³-hybridized carbons (Fsp3) is 0.385.